The maximum absolute atomic E-state index is 5.94. The molecule has 0 aromatic heterocycles. The number of hydrogen-bond acceptors (Lipinski definition) is 2. The van der Waals surface area contributed by atoms with Gasteiger partial charge in [-0.05, 0) is 33.6 Å². The van der Waals surface area contributed by atoms with E-state index in [0.717, 1.165) is 15.8 Å². The highest BCUT2D eigenvalue weighted by molar-refractivity contribution is 9.10. The first-order valence-corrected chi connectivity index (χ1v) is 4.58. The molecule has 4 heteroatoms. The van der Waals surface area contributed by atoms with Crippen LogP contribution in [0.15, 0.2) is 16.6 Å². The highest BCUT2D eigenvalue weighted by atomic mass is 79.9. The van der Waals surface area contributed by atoms with Crippen molar-refractivity contribution in [3.63, 3.8) is 0 Å². The normalized spacial score (nSPS) is 10.0. The minimum atomic E-state index is 0.411. The zero-order chi connectivity index (χ0) is 9.14. The molecule has 66 valence electrons. The first kappa shape index (κ1) is 9.84. The Kier molecular flexibility index (Phi) is 3.38. The predicted molar refractivity (Wildman–Crippen MR) is 53.6 cm³/mol. The van der Waals surface area contributed by atoms with Crippen LogP contribution in [0.4, 0.5) is 0 Å². The molecule has 0 aliphatic carbocycles. The topological polar surface area (TPSA) is 35.2 Å². The molecule has 1 aromatic rings. The molecule has 1 rings (SSSR count). The lowest BCUT2D eigenvalue weighted by Crippen LogP contribution is -1.98. The van der Waals surface area contributed by atoms with Gasteiger partial charge in [-0.1, -0.05) is 11.6 Å². The van der Waals surface area contributed by atoms with E-state index in [4.69, 9.17) is 22.1 Å². The second-order valence-electron chi connectivity index (χ2n) is 2.29. The molecule has 0 saturated heterocycles. The van der Waals surface area contributed by atoms with Crippen molar-refractivity contribution in [3.05, 3.63) is 27.2 Å². The Morgan fingerprint density at radius 2 is 2.25 bits per heavy atom. The third kappa shape index (κ3) is 1.91. The Bertz CT molecular complexity index is 291. The lowest BCUT2D eigenvalue weighted by Gasteiger charge is -2.06. The number of benzene rings is 1. The Morgan fingerprint density at radius 1 is 1.58 bits per heavy atom. The van der Waals surface area contributed by atoms with Gasteiger partial charge in [0, 0.05) is 11.0 Å². The van der Waals surface area contributed by atoms with Crippen molar-refractivity contribution in [2.75, 3.05) is 7.11 Å². The van der Waals surface area contributed by atoms with Gasteiger partial charge in [0.2, 0.25) is 0 Å². The average Bonchev–Trinajstić information content (AvgIpc) is 2.09. The van der Waals surface area contributed by atoms with Gasteiger partial charge in [0.05, 0.1) is 12.1 Å². The molecule has 0 bridgehead atoms. The molecule has 2 N–H and O–H groups in total. The highest BCUT2D eigenvalue weighted by Crippen LogP contribution is 2.30. The summed E-state index contributed by atoms with van der Waals surface area (Å²) in [5, 5.41) is 0.651. The number of methoxy groups -OCH3 is 1. The third-order valence-electron chi connectivity index (χ3n) is 1.53. The summed E-state index contributed by atoms with van der Waals surface area (Å²) >= 11 is 9.25. The summed E-state index contributed by atoms with van der Waals surface area (Å²) in [4.78, 5) is 0. The molecule has 1 aromatic carbocycles. The minimum absolute atomic E-state index is 0.411. The molecule has 0 spiro atoms. The van der Waals surface area contributed by atoms with Crippen molar-refractivity contribution in [2.24, 2.45) is 5.73 Å². The summed E-state index contributed by atoms with van der Waals surface area (Å²) in [5.41, 5.74) is 6.36. The van der Waals surface area contributed by atoms with E-state index in [9.17, 15) is 0 Å². The smallest absolute Gasteiger partial charge is 0.120 e. The lowest BCUT2D eigenvalue weighted by molar-refractivity contribution is 0.414. The number of hydrogen-bond donors (Lipinski definition) is 1. The van der Waals surface area contributed by atoms with Gasteiger partial charge in [-0.3, -0.25) is 0 Å². The lowest BCUT2D eigenvalue weighted by atomic mass is 10.2. The summed E-state index contributed by atoms with van der Waals surface area (Å²) in [5.74, 6) is 0.756. The van der Waals surface area contributed by atoms with Crippen LogP contribution in [0.5, 0.6) is 5.75 Å². The van der Waals surface area contributed by atoms with Gasteiger partial charge < -0.3 is 10.5 Å². The van der Waals surface area contributed by atoms with Crippen LogP contribution in [0, 0.1) is 0 Å². The van der Waals surface area contributed by atoms with Gasteiger partial charge in [-0.25, -0.2) is 0 Å². The van der Waals surface area contributed by atoms with Gasteiger partial charge in [-0.2, -0.15) is 0 Å². The van der Waals surface area contributed by atoms with Crippen LogP contribution in [0.3, 0.4) is 0 Å². The van der Waals surface area contributed by atoms with E-state index in [2.05, 4.69) is 15.9 Å². The number of halogens is 2. The van der Waals surface area contributed by atoms with Crippen LogP contribution >= 0.6 is 27.5 Å². The van der Waals surface area contributed by atoms with Crippen molar-refractivity contribution >= 4 is 27.5 Å². The molecule has 0 heterocycles. The second-order valence-corrected chi connectivity index (χ2v) is 3.52. The van der Waals surface area contributed by atoms with Crippen LogP contribution in [0.2, 0.25) is 5.02 Å². The van der Waals surface area contributed by atoms with Crippen LogP contribution < -0.4 is 10.5 Å². The predicted octanol–water partition coefficient (Wildman–Crippen LogP) is 2.57. The molecular weight excluding hydrogens is 241 g/mol. The van der Waals surface area contributed by atoms with E-state index in [1.807, 2.05) is 12.1 Å². The maximum Gasteiger partial charge on any atom is 0.120 e. The number of nitrogens with two attached hydrogens (primary N) is 1. The first-order chi connectivity index (χ1) is 5.69. The van der Waals surface area contributed by atoms with E-state index in [-0.39, 0.29) is 0 Å². The molecule has 0 fully saturated rings. The molecule has 0 amide bonds. The average molecular weight is 251 g/mol. The summed E-state index contributed by atoms with van der Waals surface area (Å²) in [6.07, 6.45) is 0. The summed E-state index contributed by atoms with van der Waals surface area (Å²) in [7, 11) is 1.61. The summed E-state index contributed by atoms with van der Waals surface area (Å²) in [6.45, 7) is 0.411. The largest absolute Gasteiger partial charge is 0.497 e. The van der Waals surface area contributed by atoms with Gasteiger partial charge in [0.1, 0.15) is 5.75 Å². The standard InChI is InChI=1S/C8H9BrClNO/c1-12-6-2-5(4-11)8(10)7(9)3-6/h2-3H,4,11H2,1H3. The molecule has 2 nitrogen and oxygen atoms in total. The summed E-state index contributed by atoms with van der Waals surface area (Å²) in [6, 6.07) is 3.63. The molecule has 0 aliphatic heterocycles. The Labute approximate surface area is 84.8 Å². The van der Waals surface area contributed by atoms with Crippen LogP contribution in [0.25, 0.3) is 0 Å². The van der Waals surface area contributed by atoms with Gasteiger partial charge >= 0.3 is 0 Å². The van der Waals surface area contributed by atoms with Crippen LogP contribution in [-0.2, 0) is 6.54 Å². The van der Waals surface area contributed by atoms with Crippen molar-refractivity contribution in [1.82, 2.24) is 0 Å². The van der Waals surface area contributed by atoms with Crippen molar-refractivity contribution < 1.29 is 4.74 Å². The van der Waals surface area contributed by atoms with E-state index in [0.29, 0.717) is 11.6 Å². The van der Waals surface area contributed by atoms with E-state index >= 15 is 0 Å². The summed E-state index contributed by atoms with van der Waals surface area (Å²) < 4.78 is 5.86. The number of rotatable bonds is 2. The Morgan fingerprint density at radius 3 is 2.75 bits per heavy atom. The number of ether oxygens (including phenoxy) is 1. The second kappa shape index (κ2) is 4.12. The van der Waals surface area contributed by atoms with Crippen LogP contribution in [0.1, 0.15) is 5.56 Å². The quantitative estimate of drug-likeness (QED) is 0.875. The van der Waals surface area contributed by atoms with Gasteiger partial charge in [-0.15, -0.1) is 0 Å². The maximum atomic E-state index is 5.94. The van der Waals surface area contributed by atoms with Crippen molar-refractivity contribution in [2.45, 2.75) is 6.54 Å². The molecular formula is C8H9BrClNO. The minimum Gasteiger partial charge on any atom is -0.497 e. The fourth-order valence-electron chi connectivity index (χ4n) is 0.885. The van der Waals surface area contributed by atoms with E-state index in [1.54, 1.807) is 7.11 Å². The zero-order valence-electron chi connectivity index (χ0n) is 6.60. The van der Waals surface area contributed by atoms with Crippen molar-refractivity contribution in [3.8, 4) is 5.75 Å². The monoisotopic (exact) mass is 249 g/mol. The highest BCUT2D eigenvalue weighted by Gasteiger charge is 2.05. The molecule has 12 heavy (non-hydrogen) atoms. The Hall–Kier alpha value is -0.250. The molecule has 0 saturated carbocycles. The molecule has 0 unspecified atom stereocenters. The third-order valence-corrected chi connectivity index (χ3v) is 2.83. The SMILES string of the molecule is COc1cc(Br)c(Cl)c(CN)c1. The fourth-order valence-corrected chi connectivity index (χ4v) is 1.55. The molecule has 0 atom stereocenters. The zero-order valence-corrected chi connectivity index (χ0v) is 8.95. The van der Waals surface area contributed by atoms with Crippen molar-refractivity contribution in [1.29, 1.82) is 0 Å². The first-order valence-electron chi connectivity index (χ1n) is 3.41. The molecule has 0 aliphatic rings. The van der Waals surface area contributed by atoms with Gasteiger partial charge in [0.25, 0.3) is 0 Å². The van der Waals surface area contributed by atoms with E-state index in [1.165, 1.54) is 0 Å². The Balaban J connectivity index is 3.19. The van der Waals surface area contributed by atoms with Crippen LogP contribution in [-0.4, -0.2) is 7.11 Å². The fraction of sp³-hybridized carbons (Fsp3) is 0.250. The molecule has 0 radical (unpaired) electrons. The van der Waals surface area contributed by atoms with E-state index < -0.39 is 0 Å². The van der Waals surface area contributed by atoms with Gasteiger partial charge in [0.15, 0.2) is 0 Å².